The molecule has 31 heavy (non-hydrogen) atoms. The first-order valence-corrected chi connectivity index (χ1v) is 9.54. The van der Waals surface area contributed by atoms with E-state index in [0.717, 1.165) is 0 Å². The minimum atomic E-state index is -4.61. The van der Waals surface area contributed by atoms with Crippen LogP contribution in [0.1, 0.15) is 34.8 Å². The van der Waals surface area contributed by atoms with Crippen molar-refractivity contribution in [2.24, 2.45) is 0 Å². The Morgan fingerprint density at radius 1 is 1.26 bits per heavy atom. The van der Waals surface area contributed by atoms with Crippen LogP contribution in [-0.2, 0) is 0 Å². The summed E-state index contributed by atoms with van der Waals surface area (Å²) in [5.41, 5.74) is 0.0151. The van der Waals surface area contributed by atoms with E-state index in [9.17, 15) is 18.0 Å². The molecular formula is C19H14ClF3N4O4. The number of hydrogen-bond acceptors (Lipinski definition) is 6. The zero-order valence-electron chi connectivity index (χ0n) is 15.6. The van der Waals surface area contributed by atoms with Gasteiger partial charge in [0.25, 0.3) is 5.91 Å². The summed E-state index contributed by atoms with van der Waals surface area (Å²) in [4.78, 5) is 12.7. The molecule has 2 aliphatic rings. The predicted molar refractivity (Wildman–Crippen MR) is 103 cm³/mol. The van der Waals surface area contributed by atoms with Gasteiger partial charge in [-0.05, 0) is 24.3 Å². The highest BCUT2D eigenvalue weighted by Crippen LogP contribution is 2.46. The van der Waals surface area contributed by atoms with Crippen molar-refractivity contribution < 1.29 is 31.9 Å². The molecule has 4 heterocycles. The summed E-state index contributed by atoms with van der Waals surface area (Å²) in [7, 11) is 0. The van der Waals surface area contributed by atoms with Gasteiger partial charge in [-0.15, -0.1) is 0 Å². The van der Waals surface area contributed by atoms with Gasteiger partial charge in [0, 0.05) is 18.2 Å². The number of nitrogens with one attached hydrogen (secondary N) is 2. The SMILES string of the molecule is O=C(Nc1ccc2c(c1)OCO2)c1nn2c(c1Cl)N[C@@H](c1ccco1)C[C@@H]2C(F)(F)F. The summed E-state index contributed by atoms with van der Waals surface area (Å²) >= 11 is 6.29. The molecule has 0 aliphatic carbocycles. The molecule has 0 saturated heterocycles. The fraction of sp³-hybridized carbons (Fsp3) is 0.263. The smallest absolute Gasteiger partial charge is 0.410 e. The number of benzene rings is 1. The number of rotatable bonds is 3. The highest BCUT2D eigenvalue weighted by Gasteiger charge is 2.48. The van der Waals surface area contributed by atoms with E-state index in [-0.39, 0.29) is 29.7 Å². The van der Waals surface area contributed by atoms with Crippen LogP contribution >= 0.6 is 11.6 Å². The van der Waals surface area contributed by atoms with Crippen LogP contribution < -0.4 is 20.1 Å². The van der Waals surface area contributed by atoms with Gasteiger partial charge in [0.2, 0.25) is 6.79 Å². The van der Waals surface area contributed by atoms with Crippen molar-refractivity contribution in [2.75, 3.05) is 17.4 Å². The van der Waals surface area contributed by atoms with Crippen LogP contribution in [0, 0.1) is 0 Å². The monoisotopic (exact) mass is 454 g/mol. The minimum absolute atomic E-state index is 0.0632. The number of aromatic nitrogens is 2. The second-order valence-corrected chi connectivity index (χ2v) is 7.36. The Hall–Kier alpha value is -3.34. The van der Waals surface area contributed by atoms with Crippen molar-refractivity contribution in [3.05, 3.63) is 53.1 Å². The summed E-state index contributed by atoms with van der Waals surface area (Å²) in [6.45, 7) is 0.0632. The molecule has 0 unspecified atom stereocenters. The number of halogens is 4. The van der Waals surface area contributed by atoms with Gasteiger partial charge in [-0.1, -0.05) is 11.6 Å². The number of carbonyl (C=O) groups is 1. The van der Waals surface area contributed by atoms with Gasteiger partial charge >= 0.3 is 6.18 Å². The highest BCUT2D eigenvalue weighted by atomic mass is 35.5. The lowest BCUT2D eigenvalue weighted by molar-refractivity contribution is -0.174. The Labute approximate surface area is 177 Å². The van der Waals surface area contributed by atoms with Crippen molar-refractivity contribution in [1.29, 1.82) is 0 Å². The Bertz CT molecular complexity index is 1150. The number of furan rings is 1. The molecule has 12 heteroatoms. The molecule has 2 N–H and O–H groups in total. The maximum Gasteiger partial charge on any atom is 0.410 e. The molecule has 8 nitrogen and oxygen atoms in total. The standard InChI is InChI=1S/C19H14ClF3N4O4/c20-15-16(18(28)24-9-3-4-12-13(6-9)31-8-30-12)26-27-14(19(21,22)23)7-10(25-17(15)27)11-2-1-5-29-11/h1-6,10,14,25H,7-8H2,(H,24,28)/t10-,14-/m1/s1. The lowest BCUT2D eigenvalue weighted by Gasteiger charge is -2.32. The molecule has 3 aromatic rings. The summed E-state index contributed by atoms with van der Waals surface area (Å²) in [6, 6.07) is 5.09. The van der Waals surface area contributed by atoms with Gasteiger partial charge in [0.1, 0.15) is 16.6 Å². The first-order chi connectivity index (χ1) is 14.8. The van der Waals surface area contributed by atoms with E-state index in [1.165, 1.54) is 12.3 Å². The van der Waals surface area contributed by atoms with Crippen LogP contribution in [0.25, 0.3) is 0 Å². The van der Waals surface area contributed by atoms with Crippen LogP contribution in [0.2, 0.25) is 5.02 Å². The van der Waals surface area contributed by atoms with Crippen molar-refractivity contribution >= 4 is 29.0 Å². The topological polar surface area (TPSA) is 90.5 Å². The molecule has 2 aliphatic heterocycles. The maximum absolute atomic E-state index is 13.8. The third-order valence-corrected chi connectivity index (χ3v) is 5.39. The molecule has 2 aromatic heterocycles. The zero-order valence-corrected chi connectivity index (χ0v) is 16.3. The average molecular weight is 455 g/mol. The first kappa shape index (κ1) is 19.6. The van der Waals surface area contributed by atoms with E-state index in [0.29, 0.717) is 27.6 Å². The first-order valence-electron chi connectivity index (χ1n) is 9.17. The number of amides is 1. The normalized spacial score (nSPS) is 19.6. The summed E-state index contributed by atoms with van der Waals surface area (Å²) < 4.78 is 57.7. The molecule has 0 saturated carbocycles. The Kier molecular flexibility index (Phi) is 4.50. The Morgan fingerprint density at radius 3 is 2.81 bits per heavy atom. The minimum Gasteiger partial charge on any atom is -0.467 e. The number of carbonyl (C=O) groups excluding carboxylic acids is 1. The van der Waals surface area contributed by atoms with E-state index in [1.807, 2.05) is 0 Å². The quantitative estimate of drug-likeness (QED) is 0.592. The molecule has 0 fully saturated rings. The van der Waals surface area contributed by atoms with Gasteiger partial charge in [0.15, 0.2) is 23.2 Å². The van der Waals surface area contributed by atoms with Gasteiger partial charge in [0.05, 0.1) is 12.3 Å². The molecule has 162 valence electrons. The largest absolute Gasteiger partial charge is 0.467 e. The van der Waals surface area contributed by atoms with Crippen LogP contribution in [0.15, 0.2) is 41.0 Å². The van der Waals surface area contributed by atoms with Crippen LogP contribution in [0.3, 0.4) is 0 Å². The third kappa shape index (κ3) is 3.44. The number of anilines is 2. The van der Waals surface area contributed by atoms with Crippen molar-refractivity contribution in [2.45, 2.75) is 24.7 Å². The molecule has 2 atom stereocenters. The van der Waals surface area contributed by atoms with E-state index in [2.05, 4.69) is 15.7 Å². The average Bonchev–Trinajstić information content (AvgIpc) is 3.46. The molecule has 1 amide bonds. The van der Waals surface area contributed by atoms with Gasteiger partial charge < -0.3 is 24.5 Å². The summed E-state index contributed by atoms with van der Waals surface area (Å²) in [5.74, 6) is 0.419. The van der Waals surface area contributed by atoms with Crippen molar-refractivity contribution in [3.63, 3.8) is 0 Å². The van der Waals surface area contributed by atoms with Gasteiger partial charge in [-0.25, -0.2) is 4.68 Å². The van der Waals surface area contributed by atoms with E-state index in [4.69, 9.17) is 25.5 Å². The molecule has 1 aromatic carbocycles. The maximum atomic E-state index is 13.8. The lowest BCUT2D eigenvalue weighted by Crippen LogP contribution is -2.35. The number of hydrogen-bond donors (Lipinski definition) is 2. The fourth-order valence-electron chi connectivity index (χ4n) is 3.58. The van der Waals surface area contributed by atoms with Gasteiger partial charge in [-0.3, -0.25) is 4.79 Å². The lowest BCUT2D eigenvalue weighted by atomic mass is 10.0. The molecule has 0 spiro atoms. The molecule has 5 rings (SSSR count). The summed E-state index contributed by atoms with van der Waals surface area (Å²) in [5, 5.41) is 9.14. The Morgan fingerprint density at radius 2 is 2.06 bits per heavy atom. The molecular weight excluding hydrogens is 441 g/mol. The fourth-order valence-corrected chi connectivity index (χ4v) is 3.84. The number of fused-ring (bicyclic) bond motifs is 2. The summed E-state index contributed by atoms with van der Waals surface area (Å²) in [6.07, 6.45) is -3.61. The number of alkyl halides is 3. The molecule has 0 radical (unpaired) electrons. The van der Waals surface area contributed by atoms with Crippen molar-refractivity contribution in [3.8, 4) is 11.5 Å². The molecule has 0 bridgehead atoms. The van der Waals surface area contributed by atoms with Crippen LogP contribution in [0.4, 0.5) is 24.7 Å². The van der Waals surface area contributed by atoms with Gasteiger partial charge in [-0.2, -0.15) is 18.3 Å². The number of ether oxygens (including phenoxy) is 2. The highest BCUT2D eigenvalue weighted by molar-refractivity contribution is 6.36. The zero-order chi connectivity index (χ0) is 21.8. The van der Waals surface area contributed by atoms with Crippen LogP contribution in [0.5, 0.6) is 11.5 Å². The van der Waals surface area contributed by atoms with Crippen LogP contribution in [-0.4, -0.2) is 28.7 Å². The third-order valence-electron chi connectivity index (χ3n) is 5.03. The number of nitrogens with zero attached hydrogens (tertiary/aromatic N) is 2. The van der Waals surface area contributed by atoms with E-state index < -0.39 is 24.2 Å². The second kappa shape index (κ2) is 7.12. The van der Waals surface area contributed by atoms with Crippen molar-refractivity contribution in [1.82, 2.24) is 9.78 Å². The van der Waals surface area contributed by atoms with E-state index >= 15 is 0 Å². The Balaban J connectivity index is 1.47. The van der Waals surface area contributed by atoms with E-state index in [1.54, 1.807) is 24.3 Å². The predicted octanol–water partition coefficient (Wildman–Crippen LogP) is 4.77. The second-order valence-electron chi connectivity index (χ2n) is 6.98.